The Morgan fingerprint density at radius 3 is 2.71 bits per heavy atom. The summed E-state index contributed by atoms with van der Waals surface area (Å²) in [4.78, 5) is 11.0. The fraction of sp³-hybridized carbons (Fsp3) is 0.235. The fourth-order valence-electron chi connectivity index (χ4n) is 2.58. The second-order valence-electron chi connectivity index (χ2n) is 5.17. The Morgan fingerprint density at radius 2 is 1.95 bits per heavy atom. The minimum Gasteiger partial charge on any atom is -0.493 e. The maximum atomic E-state index is 11.0. The standard InChI is InChI=1S/C17H18N2O2/c18-17(20)13-7-5-12(6-8-13)11-19-15-9-10-21-16-4-2-1-3-14(15)16/h1-8,15,19H,9-11H2,(H2,18,20). The van der Waals surface area contributed by atoms with E-state index < -0.39 is 5.91 Å². The molecule has 21 heavy (non-hydrogen) atoms. The van der Waals surface area contributed by atoms with Crippen LogP contribution in [0, 0.1) is 0 Å². The molecule has 0 saturated carbocycles. The van der Waals surface area contributed by atoms with Gasteiger partial charge in [-0.05, 0) is 23.8 Å². The number of fused-ring (bicyclic) bond motifs is 1. The quantitative estimate of drug-likeness (QED) is 0.905. The van der Waals surface area contributed by atoms with Crippen molar-refractivity contribution in [3.05, 3.63) is 65.2 Å². The minimum absolute atomic E-state index is 0.297. The lowest BCUT2D eigenvalue weighted by molar-refractivity contribution is 0.100. The molecule has 0 spiro atoms. The van der Waals surface area contributed by atoms with Gasteiger partial charge in [-0.2, -0.15) is 0 Å². The van der Waals surface area contributed by atoms with Crippen LogP contribution in [-0.4, -0.2) is 12.5 Å². The molecule has 4 heteroatoms. The van der Waals surface area contributed by atoms with E-state index in [4.69, 9.17) is 10.5 Å². The van der Waals surface area contributed by atoms with Crippen molar-refractivity contribution in [3.63, 3.8) is 0 Å². The summed E-state index contributed by atoms with van der Waals surface area (Å²) in [5, 5.41) is 3.55. The zero-order valence-electron chi connectivity index (χ0n) is 11.7. The van der Waals surface area contributed by atoms with Gasteiger partial charge in [-0.3, -0.25) is 4.79 Å². The van der Waals surface area contributed by atoms with Gasteiger partial charge >= 0.3 is 0 Å². The molecule has 0 fully saturated rings. The first kappa shape index (κ1) is 13.6. The van der Waals surface area contributed by atoms with E-state index in [9.17, 15) is 4.79 Å². The molecule has 4 nitrogen and oxygen atoms in total. The van der Waals surface area contributed by atoms with Crippen LogP contribution in [0.15, 0.2) is 48.5 Å². The number of amides is 1. The van der Waals surface area contributed by atoms with E-state index in [2.05, 4.69) is 11.4 Å². The van der Waals surface area contributed by atoms with Gasteiger partial charge in [0.1, 0.15) is 5.75 Å². The van der Waals surface area contributed by atoms with Crippen molar-refractivity contribution in [2.45, 2.75) is 19.0 Å². The van der Waals surface area contributed by atoms with E-state index in [-0.39, 0.29) is 0 Å². The highest BCUT2D eigenvalue weighted by atomic mass is 16.5. The third-order valence-corrected chi connectivity index (χ3v) is 3.75. The van der Waals surface area contributed by atoms with Gasteiger partial charge in [0.15, 0.2) is 0 Å². The first-order chi connectivity index (χ1) is 10.2. The van der Waals surface area contributed by atoms with Gasteiger partial charge in [-0.15, -0.1) is 0 Å². The number of hydrogen-bond donors (Lipinski definition) is 2. The molecule has 0 bridgehead atoms. The number of nitrogens with one attached hydrogen (secondary N) is 1. The summed E-state index contributed by atoms with van der Waals surface area (Å²) < 4.78 is 5.66. The molecule has 1 amide bonds. The molecule has 0 radical (unpaired) electrons. The lowest BCUT2D eigenvalue weighted by Gasteiger charge is -2.26. The molecule has 108 valence electrons. The molecule has 1 unspecified atom stereocenters. The molecule has 0 aliphatic carbocycles. The molecule has 3 rings (SSSR count). The highest BCUT2D eigenvalue weighted by Gasteiger charge is 2.20. The Kier molecular flexibility index (Phi) is 3.88. The monoisotopic (exact) mass is 282 g/mol. The summed E-state index contributed by atoms with van der Waals surface area (Å²) >= 11 is 0. The van der Waals surface area contributed by atoms with Crippen LogP contribution in [0.3, 0.4) is 0 Å². The van der Waals surface area contributed by atoms with Crippen LogP contribution in [0.1, 0.15) is 33.9 Å². The number of carbonyl (C=O) groups is 1. The second kappa shape index (κ2) is 5.97. The number of benzene rings is 2. The van der Waals surface area contributed by atoms with Crippen LogP contribution in [0.4, 0.5) is 0 Å². The van der Waals surface area contributed by atoms with Gasteiger partial charge in [0.05, 0.1) is 6.61 Å². The zero-order valence-corrected chi connectivity index (χ0v) is 11.7. The average Bonchev–Trinajstić information content (AvgIpc) is 2.53. The molecule has 2 aromatic carbocycles. The zero-order chi connectivity index (χ0) is 14.7. The molecule has 3 N–H and O–H groups in total. The Bertz CT molecular complexity index is 637. The predicted molar refractivity (Wildman–Crippen MR) is 81.1 cm³/mol. The van der Waals surface area contributed by atoms with Crippen molar-refractivity contribution < 1.29 is 9.53 Å². The van der Waals surface area contributed by atoms with Crippen LogP contribution >= 0.6 is 0 Å². The van der Waals surface area contributed by atoms with Crippen molar-refractivity contribution in [2.75, 3.05) is 6.61 Å². The van der Waals surface area contributed by atoms with Gasteiger partial charge in [0.25, 0.3) is 0 Å². The largest absolute Gasteiger partial charge is 0.493 e. The van der Waals surface area contributed by atoms with Crippen molar-refractivity contribution in [1.82, 2.24) is 5.32 Å². The van der Waals surface area contributed by atoms with Crippen molar-refractivity contribution in [2.24, 2.45) is 5.73 Å². The van der Waals surface area contributed by atoms with Gasteiger partial charge in [0.2, 0.25) is 5.91 Å². The van der Waals surface area contributed by atoms with E-state index in [1.807, 2.05) is 30.3 Å². The van der Waals surface area contributed by atoms with Crippen LogP contribution in [0.2, 0.25) is 0 Å². The number of nitrogens with two attached hydrogens (primary N) is 1. The average molecular weight is 282 g/mol. The van der Waals surface area contributed by atoms with E-state index in [0.29, 0.717) is 11.6 Å². The molecule has 2 aromatic rings. The summed E-state index contributed by atoms with van der Waals surface area (Å²) in [6.07, 6.45) is 0.955. The third-order valence-electron chi connectivity index (χ3n) is 3.75. The minimum atomic E-state index is -0.395. The van der Waals surface area contributed by atoms with E-state index in [1.54, 1.807) is 12.1 Å². The summed E-state index contributed by atoms with van der Waals surface area (Å²) in [5.41, 5.74) is 8.11. The van der Waals surface area contributed by atoms with E-state index >= 15 is 0 Å². The summed E-state index contributed by atoms with van der Waals surface area (Å²) in [6, 6.07) is 15.8. The van der Waals surface area contributed by atoms with Crippen LogP contribution in [-0.2, 0) is 6.54 Å². The molecular formula is C17H18N2O2. The number of ether oxygens (including phenoxy) is 1. The summed E-state index contributed by atoms with van der Waals surface area (Å²) in [6.45, 7) is 1.48. The number of primary amides is 1. The Balaban J connectivity index is 1.67. The van der Waals surface area contributed by atoms with Gasteiger partial charge in [0, 0.05) is 30.1 Å². The third kappa shape index (κ3) is 3.06. The molecule has 1 aliphatic rings. The van der Waals surface area contributed by atoms with Gasteiger partial charge < -0.3 is 15.8 Å². The van der Waals surface area contributed by atoms with E-state index in [1.165, 1.54) is 5.56 Å². The second-order valence-corrected chi connectivity index (χ2v) is 5.17. The van der Waals surface area contributed by atoms with Crippen LogP contribution in [0.5, 0.6) is 5.75 Å². The highest BCUT2D eigenvalue weighted by Crippen LogP contribution is 2.31. The molecule has 0 aromatic heterocycles. The van der Waals surface area contributed by atoms with E-state index in [0.717, 1.165) is 30.9 Å². The maximum Gasteiger partial charge on any atom is 0.248 e. The summed E-state index contributed by atoms with van der Waals surface area (Å²) in [7, 11) is 0. The number of hydrogen-bond acceptors (Lipinski definition) is 3. The van der Waals surface area contributed by atoms with Gasteiger partial charge in [-0.1, -0.05) is 30.3 Å². The van der Waals surface area contributed by atoms with Crippen molar-refractivity contribution in [1.29, 1.82) is 0 Å². The van der Waals surface area contributed by atoms with Gasteiger partial charge in [-0.25, -0.2) is 0 Å². The number of carbonyl (C=O) groups excluding carboxylic acids is 1. The molecule has 1 heterocycles. The molecular weight excluding hydrogens is 264 g/mol. The number of para-hydroxylation sites is 1. The van der Waals surface area contributed by atoms with Crippen molar-refractivity contribution in [3.8, 4) is 5.75 Å². The lowest BCUT2D eigenvalue weighted by atomic mass is 10.0. The smallest absolute Gasteiger partial charge is 0.248 e. The number of rotatable bonds is 4. The summed E-state index contributed by atoms with van der Waals surface area (Å²) in [5.74, 6) is 0.568. The lowest BCUT2D eigenvalue weighted by Crippen LogP contribution is -2.26. The Labute approximate surface area is 123 Å². The predicted octanol–water partition coefficient (Wildman–Crippen LogP) is 2.40. The molecule has 0 saturated heterocycles. The topological polar surface area (TPSA) is 64.4 Å². The normalized spacial score (nSPS) is 16.9. The first-order valence-corrected chi connectivity index (χ1v) is 7.08. The van der Waals surface area contributed by atoms with Crippen LogP contribution < -0.4 is 15.8 Å². The van der Waals surface area contributed by atoms with Crippen LogP contribution in [0.25, 0.3) is 0 Å². The first-order valence-electron chi connectivity index (χ1n) is 7.08. The Morgan fingerprint density at radius 1 is 1.19 bits per heavy atom. The molecule has 1 atom stereocenters. The maximum absolute atomic E-state index is 11.0. The molecule has 1 aliphatic heterocycles. The van der Waals surface area contributed by atoms with Crippen molar-refractivity contribution >= 4 is 5.91 Å². The SMILES string of the molecule is NC(=O)c1ccc(CNC2CCOc3ccccc32)cc1. The Hall–Kier alpha value is -2.33. The highest BCUT2D eigenvalue weighted by molar-refractivity contribution is 5.92. The fourth-order valence-corrected chi connectivity index (χ4v) is 2.58.